The van der Waals surface area contributed by atoms with E-state index in [0.29, 0.717) is 12.6 Å². The van der Waals surface area contributed by atoms with Crippen molar-refractivity contribution in [2.45, 2.75) is 32.2 Å². The molecule has 0 radical (unpaired) electrons. The molecule has 3 heteroatoms. The average molecular weight is 169 g/mol. The topological polar surface area (TPSA) is 38.3 Å². The number of rotatable bonds is 2. The first-order valence-electron chi connectivity index (χ1n) is 4.67. The molecule has 12 heavy (non-hydrogen) atoms. The number of piperidine rings is 2. The summed E-state index contributed by atoms with van der Waals surface area (Å²) < 4.78 is 5.06. The highest BCUT2D eigenvalue weighted by atomic mass is 16.5. The smallest absolute Gasteiger partial charge is 0.312 e. The van der Waals surface area contributed by atoms with Crippen LogP contribution in [0.1, 0.15) is 26.2 Å². The van der Waals surface area contributed by atoms with Gasteiger partial charge in [-0.2, -0.15) is 0 Å². The number of ether oxygens (including phenoxy) is 1. The lowest BCUT2D eigenvalue weighted by Crippen LogP contribution is -2.59. The van der Waals surface area contributed by atoms with Crippen molar-refractivity contribution in [3.63, 3.8) is 0 Å². The van der Waals surface area contributed by atoms with E-state index in [4.69, 9.17) is 4.74 Å². The van der Waals surface area contributed by atoms with Crippen molar-refractivity contribution < 1.29 is 9.53 Å². The molecule has 0 aromatic carbocycles. The standard InChI is InChI=1S/C9H15NO2/c1-2-12-8(11)9-3-4-10-7(5-9)6-9/h7,10H,2-6H2,1H3. The maximum Gasteiger partial charge on any atom is 0.312 e. The summed E-state index contributed by atoms with van der Waals surface area (Å²) in [6.07, 6.45) is 2.94. The molecule has 68 valence electrons. The van der Waals surface area contributed by atoms with Crippen LogP contribution in [0.2, 0.25) is 0 Å². The Hall–Kier alpha value is -0.570. The second-order valence-corrected chi connectivity index (χ2v) is 3.81. The average Bonchev–Trinajstić information content (AvgIpc) is 2.04. The predicted octanol–water partition coefficient (Wildman–Crippen LogP) is 0.692. The number of hydrogen-bond donors (Lipinski definition) is 1. The minimum Gasteiger partial charge on any atom is -0.466 e. The molecule has 2 saturated heterocycles. The van der Waals surface area contributed by atoms with Crippen LogP contribution < -0.4 is 5.32 Å². The monoisotopic (exact) mass is 169 g/mol. The Bertz CT molecular complexity index is 191. The van der Waals surface area contributed by atoms with E-state index in [1.54, 1.807) is 0 Å². The van der Waals surface area contributed by atoms with Crippen LogP contribution in [0.5, 0.6) is 0 Å². The zero-order valence-electron chi connectivity index (χ0n) is 7.43. The fraction of sp³-hybridized carbons (Fsp3) is 0.889. The summed E-state index contributed by atoms with van der Waals surface area (Å²) in [4.78, 5) is 11.5. The van der Waals surface area contributed by atoms with Crippen molar-refractivity contribution in [3.05, 3.63) is 0 Å². The Labute approximate surface area is 72.5 Å². The molecule has 0 amide bonds. The van der Waals surface area contributed by atoms with Crippen LogP contribution in [0, 0.1) is 5.41 Å². The SMILES string of the molecule is CCOC(=O)C12CCNC(C1)C2. The molecule has 3 aliphatic rings. The first kappa shape index (κ1) is 8.05. The molecule has 2 heterocycles. The van der Waals surface area contributed by atoms with Crippen LogP contribution in [0.25, 0.3) is 0 Å². The molecule has 2 bridgehead atoms. The molecule has 2 aliphatic heterocycles. The Morgan fingerprint density at radius 2 is 2.42 bits per heavy atom. The summed E-state index contributed by atoms with van der Waals surface area (Å²) in [7, 11) is 0. The predicted molar refractivity (Wildman–Crippen MR) is 44.7 cm³/mol. The summed E-state index contributed by atoms with van der Waals surface area (Å²) in [6.45, 7) is 3.36. The number of hydrogen-bond acceptors (Lipinski definition) is 3. The molecule has 0 aromatic rings. The third kappa shape index (κ3) is 1.04. The van der Waals surface area contributed by atoms with Gasteiger partial charge in [-0.15, -0.1) is 0 Å². The van der Waals surface area contributed by atoms with E-state index in [1.807, 2.05) is 6.92 Å². The second-order valence-electron chi connectivity index (χ2n) is 3.81. The van der Waals surface area contributed by atoms with E-state index < -0.39 is 0 Å². The van der Waals surface area contributed by atoms with Crippen LogP contribution in [-0.2, 0) is 9.53 Å². The van der Waals surface area contributed by atoms with Crippen molar-refractivity contribution in [2.75, 3.05) is 13.2 Å². The van der Waals surface area contributed by atoms with E-state index in [9.17, 15) is 4.79 Å². The van der Waals surface area contributed by atoms with E-state index in [-0.39, 0.29) is 11.4 Å². The van der Waals surface area contributed by atoms with E-state index in [1.165, 1.54) is 0 Å². The lowest BCUT2D eigenvalue weighted by atomic mass is 9.61. The zero-order valence-corrected chi connectivity index (χ0v) is 7.43. The minimum absolute atomic E-state index is 0.0303. The van der Waals surface area contributed by atoms with Gasteiger partial charge in [-0.3, -0.25) is 4.79 Å². The van der Waals surface area contributed by atoms with Gasteiger partial charge < -0.3 is 10.1 Å². The van der Waals surface area contributed by atoms with Crippen LogP contribution in [-0.4, -0.2) is 25.2 Å². The Morgan fingerprint density at radius 1 is 1.67 bits per heavy atom. The highest BCUT2D eigenvalue weighted by Gasteiger charge is 2.53. The molecule has 1 aliphatic carbocycles. The van der Waals surface area contributed by atoms with Crippen LogP contribution in [0.3, 0.4) is 0 Å². The maximum atomic E-state index is 11.5. The fourth-order valence-electron chi connectivity index (χ4n) is 2.30. The summed E-state index contributed by atoms with van der Waals surface area (Å²) in [6, 6.07) is 0.586. The van der Waals surface area contributed by atoms with E-state index >= 15 is 0 Å². The van der Waals surface area contributed by atoms with Gasteiger partial charge >= 0.3 is 5.97 Å². The number of esters is 1. The molecule has 3 rings (SSSR count). The number of carbonyl (C=O) groups is 1. The van der Waals surface area contributed by atoms with Gasteiger partial charge in [0, 0.05) is 6.04 Å². The molecule has 0 atom stereocenters. The number of carbonyl (C=O) groups excluding carboxylic acids is 1. The van der Waals surface area contributed by atoms with Crippen molar-refractivity contribution >= 4 is 5.97 Å². The lowest BCUT2D eigenvalue weighted by molar-refractivity contribution is -0.166. The van der Waals surface area contributed by atoms with Crippen molar-refractivity contribution in [2.24, 2.45) is 5.41 Å². The van der Waals surface area contributed by atoms with Crippen molar-refractivity contribution in [3.8, 4) is 0 Å². The highest BCUT2D eigenvalue weighted by Crippen LogP contribution is 2.47. The number of nitrogens with one attached hydrogen (secondary N) is 1. The molecule has 1 N–H and O–H groups in total. The van der Waals surface area contributed by atoms with Crippen molar-refractivity contribution in [1.29, 1.82) is 0 Å². The summed E-state index contributed by atoms with van der Waals surface area (Å²) in [5, 5.41) is 3.36. The van der Waals surface area contributed by atoms with Crippen LogP contribution >= 0.6 is 0 Å². The first-order valence-corrected chi connectivity index (χ1v) is 4.67. The zero-order chi connectivity index (χ0) is 8.60. The van der Waals surface area contributed by atoms with Gasteiger partial charge in [-0.25, -0.2) is 0 Å². The van der Waals surface area contributed by atoms with Gasteiger partial charge in [0.1, 0.15) is 0 Å². The normalized spacial score (nSPS) is 38.6. The van der Waals surface area contributed by atoms with Crippen molar-refractivity contribution in [1.82, 2.24) is 5.32 Å². The third-order valence-corrected chi connectivity index (χ3v) is 3.02. The highest BCUT2D eigenvalue weighted by molar-refractivity contribution is 5.78. The Balaban J connectivity index is 1.98. The van der Waals surface area contributed by atoms with Gasteiger partial charge in [-0.1, -0.05) is 0 Å². The molecule has 0 unspecified atom stereocenters. The summed E-state index contributed by atoms with van der Waals surface area (Å²) in [5.41, 5.74) is -0.0913. The molecule has 3 fully saturated rings. The quantitative estimate of drug-likeness (QED) is 0.618. The number of fused-ring (bicyclic) bond motifs is 2. The van der Waals surface area contributed by atoms with Gasteiger partial charge in [0.05, 0.1) is 12.0 Å². The Morgan fingerprint density at radius 3 is 2.92 bits per heavy atom. The largest absolute Gasteiger partial charge is 0.466 e. The molecular weight excluding hydrogens is 154 g/mol. The van der Waals surface area contributed by atoms with Crippen LogP contribution in [0.15, 0.2) is 0 Å². The molecule has 1 saturated carbocycles. The maximum absolute atomic E-state index is 11.5. The second kappa shape index (κ2) is 2.73. The first-order chi connectivity index (χ1) is 5.77. The van der Waals surface area contributed by atoms with Gasteiger partial charge in [0.25, 0.3) is 0 Å². The fourth-order valence-corrected chi connectivity index (χ4v) is 2.30. The van der Waals surface area contributed by atoms with Gasteiger partial charge in [-0.05, 0) is 32.7 Å². The summed E-state index contributed by atoms with van der Waals surface area (Å²) in [5.74, 6) is 0.0303. The molecule has 0 spiro atoms. The van der Waals surface area contributed by atoms with Crippen LogP contribution in [0.4, 0.5) is 0 Å². The molecule has 3 nitrogen and oxygen atoms in total. The lowest BCUT2D eigenvalue weighted by Gasteiger charge is -2.50. The van der Waals surface area contributed by atoms with E-state index in [0.717, 1.165) is 25.8 Å². The minimum atomic E-state index is -0.0913. The Kier molecular flexibility index (Phi) is 1.83. The molecule has 0 aromatic heterocycles. The third-order valence-electron chi connectivity index (χ3n) is 3.02. The van der Waals surface area contributed by atoms with E-state index in [2.05, 4.69) is 5.32 Å². The summed E-state index contributed by atoms with van der Waals surface area (Å²) >= 11 is 0. The van der Waals surface area contributed by atoms with Gasteiger partial charge in [0.15, 0.2) is 0 Å². The van der Waals surface area contributed by atoms with Gasteiger partial charge in [0.2, 0.25) is 0 Å². The molecular formula is C9H15NO2.